The highest BCUT2D eigenvalue weighted by molar-refractivity contribution is 5.94. The lowest BCUT2D eigenvalue weighted by molar-refractivity contribution is -0.164. The van der Waals surface area contributed by atoms with E-state index in [1.165, 1.54) is 24.8 Å². The molecule has 0 spiro atoms. The molecule has 0 radical (unpaired) electrons. The molecule has 0 saturated carbocycles. The number of carbonyl (C=O) groups excluding carboxylic acids is 2. The lowest BCUT2D eigenvalue weighted by Crippen LogP contribution is -2.40. The number of nitrogens with zero attached hydrogens (tertiary/aromatic N) is 3. The summed E-state index contributed by atoms with van der Waals surface area (Å²) < 4.78 is 11.5. The number of carbonyl (C=O) groups is 2. The number of phenols is 1. The van der Waals surface area contributed by atoms with Crippen molar-refractivity contribution in [3.8, 4) is 22.8 Å². The maximum atomic E-state index is 14.0. The molecule has 1 saturated heterocycles. The Morgan fingerprint density at radius 1 is 0.864 bits per heavy atom. The normalized spacial score (nSPS) is 14.6. The Morgan fingerprint density at radius 2 is 1.62 bits per heavy atom. The van der Waals surface area contributed by atoms with Crippen molar-refractivity contribution >= 4 is 22.8 Å². The zero-order valence-corrected chi connectivity index (χ0v) is 36.5. The number of aromatic amines is 1. The second kappa shape index (κ2) is 20.7. The molecule has 2 aromatic heterocycles. The van der Waals surface area contributed by atoms with Gasteiger partial charge in [-0.1, -0.05) is 91.0 Å². The SMILES string of the molecule is COc1cc(C(=O)NCc2cnc(-c3cccc([C@](O)(C(=O)OCC4CCN(Cc5ccccc5)CC4)c4ccccc4)c3)cn2)ccc1CNC[C@H](O)c1ccc(O)c2[nH]c(=O)ccc12. The molecule has 6 N–H and O–H groups in total. The van der Waals surface area contributed by atoms with E-state index in [2.05, 4.69) is 54.8 Å². The van der Waals surface area contributed by atoms with Crippen LogP contribution in [0.3, 0.4) is 0 Å². The van der Waals surface area contributed by atoms with Crippen LogP contribution in [0.4, 0.5) is 0 Å². The zero-order valence-electron chi connectivity index (χ0n) is 36.5. The molecule has 0 bridgehead atoms. The second-order valence-electron chi connectivity index (χ2n) is 16.5. The van der Waals surface area contributed by atoms with Gasteiger partial charge in [-0.2, -0.15) is 0 Å². The summed E-state index contributed by atoms with van der Waals surface area (Å²) in [6, 6.07) is 37.2. The summed E-state index contributed by atoms with van der Waals surface area (Å²) in [5, 5.41) is 40.0. The topological polar surface area (TPSA) is 199 Å². The van der Waals surface area contributed by atoms with Gasteiger partial charge in [0.2, 0.25) is 11.2 Å². The smallest absolute Gasteiger partial charge is 0.347 e. The molecule has 1 aliphatic heterocycles. The third-order valence-corrected chi connectivity index (χ3v) is 12.1. The number of fused-ring (bicyclic) bond motifs is 1. The summed E-state index contributed by atoms with van der Waals surface area (Å²) in [4.78, 5) is 53.2. The molecule has 0 unspecified atom stereocenters. The van der Waals surface area contributed by atoms with Crippen LogP contribution in [0.1, 0.15) is 62.8 Å². The summed E-state index contributed by atoms with van der Waals surface area (Å²) in [5.74, 6) is -0.507. The number of amides is 1. The molecule has 1 amide bonds. The number of aromatic hydroxyl groups is 1. The van der Waals surface area contributed by atoms with Crippen molar-refractivity contribution in [3.63, 3.8) is 0 Å². The Kier molecular flexibility index (Phi) is 14.2. The number of piperidine rings is 1. The fourth-order valence-electron chi connectivity index (χ4n) is 8.34. The minimum atomic E-state index is -2.07. The number of phenolic OH excluding ortho intramolecular Hbond substituents is 1. The maximum Gasteiger partial charge on any atom is 0.347 e. The molecule has 7 aromatic rings. The molecule has 3 heterocycles. The molecule has 1 aliphatic rings. The third-order valence-electron chi connectivity index (χ3n) is 12.1. The van der Waals surface area contributed by atoms with Crippen molar-refractivity contribution < 1.29 is 34.4 Å². The van der Waals surface area contributed by atoms with Gasteiger partial charge in [-0.15, -0.1) is 0 Å². The summed E-state index contributed by atoms with van der Waals surface area (Å²) in [6.07, 6.45) is 3.98. The predicted molar refractivity (Wildman–Crippen MR) is 249 cm³/mol. The van der Waals surface area contributed by atoms with Crippen LogP contribution in [0.2, 0.25) is 0 Å². The fourth-order valence-corrected chi connectivity index (χ4v) is 8.34. The minimum absolute atomic E-state index is 0.0856. The van der Waals surface area contributed by atoms with Crippen LogP contribution in [0.25, 0.3) is 22.2 Å². The van der Waals surface area contributed by atoms with Gasteiger partial charge < -0.3 is 40.4 Å². The second-order valence-corrected chi connectivity index (χ2v) is 16.5. The van der Waals surface area contributed by atoms with Gasteiger partial charge in [-0.25, -0.2) is 4.79 Å². The van der Waals surface area contributed by atoms with Crippen LogP contribution < -0.4 is 20.9 Å². The number of H-pyrrole nitrogens is 1. The van der Waals surface area contributed by atoms with Gasteiger partial charge in [0.1, 0.15) is 11.5 Å². The first-order valence-corrected chi connectivity index (χ1v) is 21.9. The summed E-state index contributed by atoms with van der Waals surface area (Å²) in [6.45, 7) is 3.50. The van der Waals surface area contributed by atoms with Crippen LogP contribution in [0, 0.1) is 5.92 Å². The van der Waals surface area contributed by atoms with Gasteiger partial charge in [0.05, 0.1) is 55.7 Å². The number of likely N-dealkylation sites (tertiary alicyclic amines) is 1. The number of esters is 1. The van der Waals surface area contributed by atoms with Gasteiger partial charge in [-0.05, 0) is 78.9 Å². The number of methoxy groups -OCH3 is 1. The molecule has 8 rings (SSSR count). The molecule has 0 aliphatic carbocycles. The molecule has 1 fully saturated rings. The van der Waals surface area contributed by atoms with Gasteiger partial charge in [-0.3, -0.25) is 24.5 Å². The standard InChI is InChI=1S/C52H52N6O8/c1-65-47-26-37(15-16-38(47)27-53-31-46(60)42-17-19-45(59)49-43(42)18-20-48(61)57-49)50(62)56-29-41-28-55-44(30-54-41)36-11-8-14-40(25-36)52(64,39-12-6-3-7-13-39)51(63)66-33-35-21-23-58(24-22-35)32-34-9-4-2-5-10-34/h2-20,25-26,28,30,35,46,53,59-60,64H,21-24,27,29,31-33H2,1H3,(H,56,62)(H,57,61)/t46-,52-/m0/s1. The lowest BCUT2D eigenvalue weighted by atomic mass is 9.85. The average molecular weight is 889 g/mol. The summed E-state index contributed by atoms with van der Waals surface area (Å²) >= 11 is 0. The van der Waals surface area contributed by atoms with Crippen molar-refractivity contribution in [1.82, 2.24) is 30.5 Å². The number of hydrogen-bond acceptors (Lipinski definition) is 12. The van der Waals surface area contributed by atoms with E-state index >= 15 is 0 Å². The van der Waals surface area contributed by atoms with Crippen LogP contribution in [0.15, 0.2) is 145 Å². The van der Waals surface area contributed by atoms with Crippen molar-refractivity contribution in [2.24, 2.45) is 5.92 Å². The fraction of sp³-hybridized carbons (Fsp3) is 0.250. The maximum absolute atomic E-state index is 14.0. The van der Waals surface area contributed by atoms with Gasteiger partial charge in [0, 0.05) is 53.3 Å². The highest BCUT2D eigenvalue weighted by Crippen LogP contribution is 2.34. The molecule has 2 atom stereocenters. The van der Waals surface area contributed by atoms with E-state index in [0.717, 1.165) is 38.0 Å². The van der Waals surface area contributed by atoms with Crippen molar-refractivity contribution in [2.45, 2.75) is 44.2 Å². The largest absolute Gasteiger partial charge is 0.506 e. The van der Waals surface area contributed by atoms with E-state index < -0.39 is 17.7 Å². The Morgan fingerprint density at radius 3 is 2.36 bits per heavy atom. The Hall–Kier alpha value is -7.23. The van der Waals surface area contributed by atoms with E-state index in [9.17, 15) is 29.7 Å². The van der Waals surface area contributed by atoms with E-state index in [0.29, 0.717) is 56.9 Å². The minimum Gasteiger partial charge on any atom is -0.506 e. The number of pyridine rings is 1. The molecule has 338 valence electrons. The van der Waals surface area contributed by atoms with E-state index in [-0.39, 0.29) is 48.3 Å². The Balaban J connectivity index is 0.863. The van der Waals surface area contributed by atoms with Crippen molar-refractivity contribution in [3.05, 3.63) is 189 Å². The number of nitrogens with one attached hydrogen (secondary N) is 3. The first-order valence-electron chi connectivity index (χ1n) is 21.9. The van der Waals surface area contributed by atoms with Crippen molar-refractivity contribution in [1.29, 1.82) is 0 Å². The third kappa shape index (κ3) is 10.5. The predicted octanol–water partition coefficient (Wildman–Crippen LogP) is 6.14. The van der Waals surface area contributed by atoms with Gasteiger partial charge in [0.15, 0.2) is 0 Å². The van der Waals surface area contributed by atoms with Crippen molar-refractivity contribution in [2.75, 3.05) is 33.4 Å². The number of aliphatic hydroxyl groups is 2. The first-order chi connectivity index (χ1) is 32.1. The molecule has 14 nitrogen and oxygen atoms in total. The molecular formula is C52H52N6O8. The van der Waals surface area contributed by atoms with Gasteiger partial charge >= 0.3 is 5.97 Å². The van der Waals surface area contributed by atoms with E-state index in [4.69, 9.17) is 9.47 Å². The number of hydrogen-bond donors (Lipinski definition) is 6. The lowest BCUT2D eigenvalue weighted by Gasteiger charge is -2.33. The quantitative estimate of drug-likeness (QED) is 0.0572. The Bertz CT molecular complexity index is 2830. The zero-order chi connectivity index (χ0) is 46.0. The van der Waals surface area contributed by atoms with Crippen LogP contribution in [-0.4, -0.2) is 80.4 Å². The average Bonchev–Trinajstić information content (AvgIpc) is 3.36. The Labute approximate surface area is 381 Å². The van der Waals surface area contributed by atoms with Crippen LogP contribution in [0.5, 0.6) is 11.5 Å². The highest BCUT2D eigenvalue weighted by atomic mass is 16.5. The van der Waals surface area contributed by atoms with Gasteiger partial charge in [0.25, 0.3) is 5.91 Å². The molecule has 5 aromatic carbocycles. The monoisotopic (exact) mass is 888 g/mol. The highest BCUT2D eigenvalue weighted by Gasteiger charge is 2.42. The number of aliphatic hydroxyl groups excluding tert-OH is 1. The molecule has 14 heteroatoms. The number of ether oxygens (including phenoxy) is 2. The van der Waals surface area contributed by atoms with Crippen LogP contribution >= 0.6 is 0 Å². The van der Waals surface area contributed by atoms with Crippen LogP contribution in [-0.2, 0) is 34.8 Å². The summed E-state index contributed by atoms with van der Waals surface area (Å²) in [5.41, 5.74) is 3.15. The first kappa shape index (κ1) is 45.3. The van der Waals surface area contributed by atoms with E-state index in [1.807, 2.05) is 18.2 Å². The summed E-state index contributed by atoms with van der Waals surface area (Å²) in [7, 11) is 1.51. The molecular weight excluding hydrogens is 837 g/mol. The molecule has 66 heavy (non-hydrogen) atoms. The number of benzene rings is 5. The van der Waals surface area contributed by atoms with E-state index in [1.54, 1.807) is 85.2 Å². The number of aromatic nitrogens is 3. The number of rotatable bonds is 17.